The third-order valence-electron chi connectivity index (χ3n) is 3.97. The highest BCUT2D eigenvalue weighted by Crippen LogP contribution is 2.32. The predicted octanol–water partition coefficient (Wildman–Crippen LogP) is 0.145. The van der Waals surface area contributed by atoms with E-state index < -0.39 is 8.32 Å². The van der Waals surface area contributed by atoms with E-state index in [4.69, 9.17) is 10.5 Å². The molecule has 4 nitrogen and oxygen atoms in total. The van der Waals surface area contributed by atoms with E-state index in [0.29, 0.717) is 6.54 Å². The first-order valence-electron chi connectivity index (χ1n) is 7.29. The summed E-state index contributed by atoms with van der Waals surface area (Å²) >= 11 is 0. The van der Waals surface area contributed by atoms with Crippen molar-refractivity contribution in [3.05, 3.63) is 0 Å². The molecule has 0 spiro atoms. The maximum absolute atomic E-state index is 10.6. The lowest BCUT2D eigenvalue weighted by atomic mass is 10.2. The van der Waals surface area contributed by atoms with Gasteiger partial charge in [-0.1, -0.05) is 6.04 Å². The van der Waals surface area contributed by atoms with Gasteiger partial charge in [-0.15, -0.1) is 0 Å². The molecule has 108 valence electrons. The third kappa shape index (κ3) is 4.75. The Morgan fingerprint density at radius 2 is 2.17 bits per heavy atom. The van der Waals surface area contributed by atoms with Gasteiger partial charge >= 0.3 is 0 Å². The average molecular weight is 291 g/mol. The Hall–Kier alpha value is 0.274. The van der Waals surface area contributed by atoms with Gasteiger partial charge in [0.05, 0.1) is 14.4 Å². The van der Waals surface area contributed by atoms with Crippen molar-refractivity contribution in [2.45, 2.75) is 49.7 Å². The van der Waals surface area contributed by atoms with E-state index in [1.165, 1.54) is 25.3 Å². The zero-order chi connectivity index (χ0) is 13.5. The molecule has 18 heavy (non-hydrogen) atoms. The highest BCUT2D eigenvalue weighted by atomic mass is 28.4. The van der Waals surface area contributed by atoms with Crippen molar-refractivity contribution >= 4 is 17.8 Å². The Labute approximate surface area is 115 Å². The fourth-order valence-electron chi connectivity index (χ4n) is 2.73. The number of hydrogen-bond donors (Lipinski definition) is 3. The van der Waals surface area contributed by atoms with Crippen LogP contribution in [0.4, 0.5) is 0 Å². The van der Waals surface area contributed by atoms with Crippen LogP contribution in [0.3, 0.4) is 0 Å². The van der Waals surface area contributed by atoms with Crippen molar-refractivity contribution in [3.63, 3.8) is 0 Å². The Bertz CT molecular complexity index is 229. The van der Waals surface area contributed by atoms with E-state index in [2.05, 4.69) is 18.4 Å². The zero-order valence-electron chi connectivity index (χ0n) is 12.0. The van der Waals surface area contributed by atoms with Crippen LogP contribution in [0, 0.1) is 0 Å². The van der Waals surface area contributed by atoms with Crippen LogP contribution in [0.5, 0.6) is 0 Å². The molecule has 4 N–H and O–H groups in total. The molecular weight excluding hydrogens is 260 g/mol. The molecule has 1 unspecified atom stereocenters. The second-order valence-electron chi connectivity index (χ2n) is 5.85. The van der Waals surface area contributed by atoms with E-state index in [9.17, 15) is 4.80 Å². The van der Waals surface area contributed by atoms with Gasteiger partial charge in [0.25, 0.3) is 0 Å². The summed E-state index contributed by atoms with van der Waals surface area (Å²) in [6.45, 7) is 7.63. The number of nitrogens with one attached hydrogen (secondary N) is 1. The molecule has 0 bridgehead atoms. The van der Waals surface area contributed by atoms with Crippen molar-refractivity contribution in [2.75, 3.05) is 26.2 Å². The van der Waals surface area contributed by atoms with Crippen LogP contribution in [-0.2, 0) is 4.74 Å². The highest BCUT2D eigenvalue weighted by Gasteiger charge is 2.47. The molecule has 1 heterocycles. The van der Waals surface area contributed by atoms with Crippen LogP contribution in [0.2, 0.25) is 19.1 Å². The monoisotopic (exact) mass is 290 g/mol. The molecule has 1 aliphatic rings. The van der Waals surface area contributed by atoms with Gasteiger partial charge in [0.15, 0.2) is 0 Å². The number of rotatable bonds is 8. The molecule has 1 fully saturated rings. The number of hydrogen-bond acceptors (Lipinski definition) is 4. The highest BCUT2D eigenvalue weighted by molar-refractivity contribution is 6.82. The lowest BCUT2D eigenvalue weighted by Gasteiger charge is -2.44. The summed E-state index contributed by atoms with van der Waals surface area (Å²) in [6.07, 6.45) is 4.70. The maximum atomic E-state index is 10.6. The average Bonchev–Trinajstić information content (AvgIpc) is 2.33. The van der Waals surface area contributed by atoms with Crippen molar-refractivity contribution in [1.29, 1.82) is 0 Å². The fourth-order valence-corrected chi connectivity index (χ4v) is 8.81. The summed E-state index contributed by atoms with van der Waals surface area (Å²) in [5.41, 5.74) is 5.44. The van der Waals surface area contributed by atoms with Gasteiger partial charge in [-0.05, 0) is 45.3 Å². The first-order valence-corrected chi connectivity index (χ1v) is 11.9. The van der Waals surface area contributed by atoms with Gasteiger partial charge in [-0.2, -0.15) is 0 Å². The normalized spacial score (nSPS) is 26.0. The van der Waals surface area contributed by atoms with Gasteiger partial charge in [0.1, 0.15) is 0 Å². The molecule has 0 saturated carbocycles. The number of ether oxygens (including phenoxy) is 1. The van der Waals surface area contributed by atoms with E-state index >= 15 is 0 Å². The van der Waals surface area contributed by atoms with E-state index in [1.807, 2.05) is 0 Å². The molecule has 0 aromatic carbocycles. The van der Waals surface area contributed by atoms with Gasteiger partial charge < -0.3 is 20.6 Å². The van der Waals surface area contributed by atoms with Gasteiger partial charge in [0, 0.05) is 19.7 Å². The Balaban J connectivity index is 2.33. The van der Waals surface area contributed by atoms with Gasteiger partial charge in [-0.25, -0.2) is 0 Å². The number of nitrogens with two attached hydrogens (primary N) is 1. The second kappa shape index (κ2) is 7.76. The zero-order valence-corrected chi connectivity index (χ0v) is 14.4. The van der Waals surface area contributed by atoms with Gasteiger partial charge in [0.2, 0.25) is 8.32 Å². The summed E-state index contributed by atoms with van der Waals surface area (Å²) < 4.78 is 6.09. The Kier molecular flexibility index (Phi) is 7.04. The minimum Gasteiger partial charge on any atom is -0.430 e. The van der Waals surface area contributed by atoms with Crippen LogP contribution >= 0.6 is 0 Å². The summed E-state index contributed by atoms with van der Waals surface area (Å²) in [7, 11) is -2.54. The predicted molar refractivity (Wildman–Crippen MR) is 82.1 cm³/mol. The smallest absolute Gasteiger partial charge is 0.209 e. The largest absolute Gasteiger partial charge is 0.430 e. The molecule has 0 aromatic rings. The summed E-state index contributed by atoms with van der Waals surface area (Å²) in [5, 5.41) is 3.33. The SMILES string of the molecule is C[Si](C)(O)C1([SiH2]CCCNCCN)CCCCO1. The molecule has 1 aliphatic heterocycles. The maximum Gasteiger partial charge on any atom is 0.209 e. The minimum absolute atomic E-state index is 0.0564. The van der Waals surface area contributed by atoms with Crippen LogP contribution in [-0.4, -0.2) is 53.7 Å². The van der Waals surface area contributed by atoms with Crippen LogP contribution in [0.15, 0.2) is 0 Å². The Morgan fingerprint density at radius 3 is 2.72 bits per heavy atom. The molecule has 1 saturated heterocycles. The molecule has 0 aliphatic carbocycles. The van der Waals surface area contributed by atoms with Crippen molar-refractivity contribution in [3.8, 4) is 0 Å². The van der Waals surface area contributed by atoms with E-state index in [0.717, 1.165) is 26.1 Å². The van der Waals surface area contributed by atoms with Crippen molar-refractivity contribution in [1.82, 2.24) is 5.32 Å². The second-order valence-corrected chi connectivity index (χ2v) is 12.9. The minimum atomic E-state index is -2.18. The van der Waals surface area contributed by atoms with Crippen molar-refractivity contribution in [2.24, 2.45) is 5.73 Å². The van der Waals surface area contributed by atoms with Crippen molar-refractivity contribution < 1.29 is 9.53 Å². The van der Waals surface area contributed by atoms with Gasteiger partial charge in [-0.3, -0.25) is 0 Å². The van der Waals surface area contributed by atoms with E-state index in [1.54, 1.807) is 0 Å². The first-order chi connectivity index (χ1) is 8.52. The summed E-state index contributed by atoms with van der Waals surface area (Å²) in [5.74, 6) is 0. The quantitative estimate of drug-likeness (QED) is 0.440. The molecule has 1 atom stereocenters. The molecule has 0 radical (unpaired) electrons. The molecule has 0 aromatic heterocycles. The van der Waals surface area contributed by atoms with Crippen LogP contribution in [0.1, 0.15) is 25.7 Å². The topological polar surface area (TPSA) is 67.5 Å². The molecule has 1 rings (SSSR count). The Morgan fingerprint density at radius 1 is 1.39 bits per heavy atom. The molecule has 6 heteroatoms. The van der Waals surface area contributed by atoms with Crippen LogP contribution < -0.4 is 11.1 Å². The van der Waals surface area contributed by atoms with Crippen LogP contribution in [0.25, 0.3) is 0 Å². The fraction of sp³-hybridized carbons (Fsp3) is 1.00. The lowest BCUT2D eigenvalue weighted by Crippen LogP contribution is -2.61. The summed E-state index contributed by atoms with van der Waals surface area (Å²) in [6, 6.07) is 1.26. The first kappa shape index (κ1) is 16.3. The van der Waals surface area contributed by atoms with E-state index in [-0.39, 0.29) is 14.4 Å². The lowest BCUT2D eigenvalue weighted by molar-refractivity contribution is 0.0186. The summed E-state index contributed by atoms with van der Waals surface area (Å²) in [4.78, 5) is 10.5. The third-order valence-corrected chi connectivity index (χ3v) is 12.2. The standard InChI is InChI=1S/C12H30N2O2Si2/c1-18(2,15)12(6-3-4-10-16-12)17-11-5-8-14-9-7-13/h14-15H,3-11,13,17H2,1-2H3. The molecule has 0 amide bonds. The molecular formula is C12H30N2O2Si2.